The first-order valence-electron chi connectivity index (χ1n) is 11.2. The van der Waals surface area contributed by atoms with Crippen LogP contribution in [0.4, 0.5) is 0 Å². The Balaban J connectivity index is 1.58. The number of rotatable bonds is 7. The molecular formula is C27H25N5O2. The van der Waals surface area contributed by atoms with E-state index in [0.717, 1.165) is 45.2 Å². The second kappa shape index (κ2) is 8.94. The fraction of sp³-hybridized carbons (Fsp3) is 0.185. The highest BCUT2D eigenvalue weighted by molar-refractivity contribution is 5.86. The van der Waals surface area contributed by atoms with E-state index in [-0.39, 0.29) is 6.42 Å². The monoisotopic (exact) mass is 451 g/mol. The molecule has 0 saturated heterocycles. The normalized spacial score (nSPS) is 11.2. The summed E-state index contributed by atoms with van der Waals surface area (Å²) in [5, 5.41) is 19.1. The number of pyridine rings is 1. The summed E-state index contributed by atoms with van der Waals surface area (Å²) in [5.41, 5.74) is 5.59. The van der Waals surface area contributed by atoms with Crippen molar-refractivity contribution in [3.8, 4) is 5.69 Å². The molecule has 2 aromatic carbocycles. The summed E-state index contributed by atoms with van der Waals surface area (Å²) in [6, 6.07) is 22.2. The molecule has 5 rings (SSSR count). The second-order valence-corrected chi connectivity index (χ2v) is 8.46. The number of carbonyl (C=O) groups is 1. The maximum atomic E-state index is 11.5. The van der Waals surface area contributed by atoms with E-state index in [1.807, 2.05) is 73.1 Å². The number of aromatic nitrogens is 5. The van der Waals surface area contributed by atoms with Crippen molar-refractivity contribution < 1.29 is 9.90 Å². The third kappa shape index (κ3) is 4.20. The fourth-order valence-corrected chi connectivity index (χ4v) is 4.34. The predicted molar refractivity (Wildman–Crippen MR) is 130 cm³/mol. The van der Waals surface area contributed by atoms with Crippen molar-refractivity contribution in [2.75, 3.05) is 0 Å². The molecule has 7 heteroatoms. The Kier molecular flexibility index (Phi) is 5.67. The number of carboxylic acid groups (broad SMARTS) is 1. The van der Waals surface area contributed by atoms with Gasteiger partial charge in [0.1, 0.15) is 17.3 Å². The highest BCUT2D eigenvalue weighted by Gasteiger charge is 2.17. The Morgan fingerprint density at radius 3 is 2.47 bits per heavy atom. The van der Waals surface area contributed by atoms with E-state index in [4.69, 9.17) is 4.98 Å². The van der Waals surface area contributed by atoms with Crippen molar-refractivity contribution in [1.82, 2.24) is 24.3 Å². The summed E-state index contributed by atoms with van der Waals surface area (Å²) < 4.78 is 4.14. The molecule has 0 aliphatic heterocycles. The van der Waals surface area contributed by atoms with Crippen LogP contribution >= 0.6 is 0 Å². The summed E-state index contributed by atoms with van der Waals surface area (Å²) in [4.78, 5) is 16.2. The van der Waals surface area contributed by atoms with Crippen LogP contribution in [0.3, 0.4) is 0 Å². The maximum Gasteiger partial charge on any atom is 0.307 e. The smallest absolute Gasteiger partial charge is 0.307 e. The Morgan fingerprint density at radius 2 is 1.68 bits per heavy atom. The van der Waals surface area contributed by atoms with Gasteiger partial charge in [-0.15, -0.1) is 10.2 Å². The van der Waals surface area contributed by atoms with Crippen molar-refractivity contribution in [2.24, 2.45) is 0 Å². The highest BCUT2D eigenvalue weighted by Crippen LogP contribution is 2.27. The van der Waals surface area contributed by atoms with Crippen molar-refractivity contribution >= 4 is 17.0 Å². The van der Waals surface area contributed by atoms with Gasteiger partial charge in [0.25, 0.3) is 0 Å². The second-order valence-electron chi connectivity index (χ2n) is 8.46. The van der Waals surface area contributed by atoms with Gasteiger partial charge in [0.05, 0.1) is 18.7 Å². The summed E-state index contributed by atoms with van der Waals surface area (Å²) in [6.07, 6.45) is 2.54. The molecule has 5 aromatic rings. The Hall–Kier alpha value is -4.26. The van der Waals surface area contributed by atoms with Gasteiger partial charge in [0, 0.05) is 23.7 Å². The molecule has 0 spiro atoms. The molecule has 0 fully saturated rings. The molecule has 0 aliphatic carbocycles. The summed E-state index contributed by atoms with van der Waals surface area (Å²) in [6.45, 7) is 4.50. The quantitative estimate of drug-likeness (QED) is 0.394. The summed E-state index contributed by atoms with van der Waals surface area (Å²) in [5.74, 6) is 0.883. The predicted octanol–water partition coefficient (Wildman–Crippen LogP) is 4.50. The minimum absolute atomic E-state index is 0.0534. The SMILES string of the molecule is Cc1ccc2c(CC(=O)O)cn(-c3ccccc3Cn3c(C)nnc3Cc3ccccc3)c2n1. The molecule has 170 valence electrons. The van der Waals surface area contributed by atoms with E-state index in [9.17, 15) is 9.90 Å². The van der Waals surface area contributed by atoms with Crippen LogP contribution < -0.4 is 0 Å². The Labute approximate surface area is 197 Å². The molecule has 34 heavy (non-hydrogen) atoms. The van der Waals surface area contributed by atoms with Crippen LogP contribution in [0.1, 0.15) is 34.0 Å². The number of fused-ring (bicyclic) bond motifs is 1. The number of aliphatic carboxylic acids is 1. The van der Waals surface area contributed by atoms with E-state index >= 15 is 0 Å². The van der Waals surface area contributed by atoms with E-state index in [1.54, 1.807) is 0 Å². The fourth-order valence-electron chi connectivity index (χ4n) is 4.34. The van der Waals surface area contributed by atoms with Gasteiger partial charge in [-0.05, 0) is 48.7 Å². The topological polar surface area (TPSA) is 85.8 Å². The highest BCUT2D eigenvalue weighted by atomic mass is 16.4. The van der Waals surface area contributed by atoms with Crippen molar-refractivity contribution in [3.05, 3.63) is 107 Å². The minimum Gasteiger partial charge on any atom is -0.481 e. The largest absolute Gasteiger partial charge is 0.481 e. The van der Waals surface area contributed by atoms with Crippen LogP contribution in [-0.2, 0) is 24.2 Å². The first kappa shape index (κ1) is 21.6. The number of aryl methyl sites for hydroxylation is 2. The molecule has 1 N–H and O–H groups in total. The third-order valence-electron chi connectivity index (χ3n) is 6.01. The molecule has 0 radical (unpaired) electrons. The molecule has 0 aliphatic rings. The molecule has 3 heterocycles. The third-order valence-corrected chi connectivity index (χ3v) is 6.01. The lowest BCUT2D eigenvalue weighted by molar-refractivity contribution is -0.136. The van der Waals surface area contributed by atoms with Gasteiger partial charge in [-0.3, -0.25) is 4.79 Å². The van der Waals surface area contributed by atoms with Crippen LogP contribution in [0.25, 0.3) is 16.7 Å². The molecule has 3 aromatic heterocycles. The van der Waals surface area contributed by atoms with Gasteiger partial charge in [-0.1, -0.05) is 48.5 Å². The maximum absolute atomic E-state index is 11.5. The first-order valence-corrected chi connectivity index (χ1v) is 11.2. The Bertz CT molecular complexity index is 1480. The first-order chi connectivity index (χ1) is 16.5. The van der Waals surface area contributed by atoms with Gasteiger partial charge < -0.3 is 14.2 Å². The van der Waals surface area contributed by atoms with Gasteiger partial charge in [-0.25, -0.2) is 4.98 Å². The molecule has 0 bridgehead atoms. The number of carboxylic acids is 1. The van der Waals surface area contributed by atoms with Crippen molar-refractivity contribution in [1.29, 1.82) is 0 Å². The number of benzene rings is 2. The standard InChI is InChI=1S/C27H25N5O2/c1-18-12-13-23-22(15-26(33)34)17-32(27(23)28-18)24-11-7-6-10-21(24)16-31-19(2)29-30-25(31)14-20-8-4-3-5-9-20/h3-13,17H,14-16H2,1-2H3,(H,33,34). The van der Waals surface area contributed by atoms with Crippen LogP contribution in [0.5, 0.6) is 0 Å². The molecule has 0 amide bonds. The van der Waals surface area contributed by atoms with Crippen LogP contribution in [0, 0.1) is 13.8 Å². The molecule has 0 saturated carbocycles. The van der Waals surface area contributed by atoms with Gasteiger partial charge in [-0.2, -0.15) is 0 Å². The number of nitrogens with zero attached hydrogens (tertiary/aromatic N) is 5. The number of hydrogen-bond donors (Lipinski definition) is 1. The van der Waals surface area contributed by atoms with Gasteiger partial charge in [0.15, 0.2) is 0 Å². The number of hydrogen-bond acceptors (Lipinski definition) is 4. The van der Waals surface area contributed by atoms with Crippen LogP contribution in [-0.4, -0.2) is 35.4 Å². The minimum atomic E-state index is -0.862. The molecule has 7 nitrogen and oxygen atoms in total. The summed E-state index contributed by atoms with van der Waals surface area (Å²) in [7, 11) is 0. The lowest BCUT2D eigenvalue weighted by Gasteiger charge is -2.14. The Morgan fingerprint density at radius 1 is 0.912 bits per heavy atom. The summed E-state index contributed by atoms with van der Waals surface area (Å²) >= 11 is 0. The zero-order valence-corrected chi connectivity index (χ0v) is 19.1. The van der Waals surface area contributed by atoms with Crippen LogP contribution in [0.2, 0.25) is 0 Å². The average molecular weight is 452 g/mol. The van der Waals surface area contributed by atoms with E-state index in [1.165, 1.54) is 5.56 Å². The van der Waals surface area contributed by atoms with E-state index < -0.39 is 5.97 Å². The van der Waals surface area contributed by atoms with Crippen molar-refractivity contribution in [3.63, 3.8) is 0 Å². The van der Waals surface area contributed by atoms with Crippen molar-refractivity contribution in [2.45, 2.75) is 33.2 Å². The van der Waals surface area contributed by atoms with E-state index in [0.29, 0.717) is 13.0 Å². The zero-order valence-electron chi connectivity index (χ0n) is 19.1. The molecule has 0 unspecified atom stereocenters. The van der Waals surface area contributed by atoms with E-state index in [2.05, 4.69) is 33.0 Å². The lowest BCUT2D eigenvalue weighted by Crippen LogP contribution is -2.10. The zero-order chi connectivity index (χ0) is 23.7. The van der Waals surface area contributed by atoms with Crippen LogP contribution in [0.15, 0.2) is 72.9 Å². The molecular weight excluding hydrogens is 426 g/mol. The van der Waals surface area contributed by atoms with Gasteiger partial charge in [0.2, 0.25) is 0 Å². The van der Waals surface area contributed by atoms with Gasteiger partial charge >= 0.3 is 5.97 Å². The lowest BCUT2D eigenvalue weighted by atomic mass is 10.1. The number of para-hydroxylation sites is 1. The molecule has 0 atom stereocenters. The average Bonchev–Trinajstić information content (AvgIpc) is 3.34.